The Bertz CT molecular complexity index is 826. The number of carbonyl (C=O) groups is 2. The highest BCUT2D eigenvalue weighted by atomic mass is 32.1. The monoisotopic (exact) mass is 375 g/mol. The van der Waals surface area contributed by atoms with Crippen molar-refractivity contribution in [2.45, 2.75) is 25.5 Å². The second kappa shape index (κ2) is 7.13. The number of pyridine rings is 1. The first-order valence-corrected chi connectivity index (χ1v) is 9.31. The van der Waals surface area contributed by atoms with Crippen LogP contribution in [0.4, 0.5) is 9.18 Å². The van der Waals surface area contributed by atoms with Gasteiger partial charge in [-0.2, -0.15) is 4.39 Å². The van der Waals surface area contributed by atoms with Gasteiger partial charge in [-0.3, -0.25) is 14.7 Å². The summed E-state index contributed by atoms with van der Waals surface area (Å²) in [5.74, 6) is -0.215. The number of imide groups is 1. The van der Waals surface area contributed by atoms with Crippen LogP contribution >= 0.6 is 11.3 Å². The van der Waals surface area contributed by atoms with Gasteiger partial charge in [0, 0.05) is 43.2 Å². The van der Waals surface area contributed by atoms with Gasteiger partial charge in [0.15, 0.2) is 5.13 Å². The van der Waals surface area contributed by atoms with Crippen molar-refractivity contribution in [2.24, 2.45) is 0 Å². The number of fused-ring (bicyclic) bond motifs is 1. The summed E-state index contributed by atoms with van der Waals surface area (Å²) in [5.41, 5.74) is 1.71. The Balaban J connectivity index is 1.50. The number of thiophene rings is 1. The zero-order chi connectivity index (χ0) is 18.1. The van der Waals surface area contributed by atoms with Crippen molar-refractivity contribution in [3.8, 4) is 0 Å². The fraction of sp³-hybridized carbons (Fsp3) is 0.389. The molecule has 6 nitrogen and oxygen atoms in total. The number of ether oxygens (including phenoxy) is 1. The summed E-state index contributed by atoms with van der Waals surface area (Å²) in [6, 6.07) is 4.82. The van der Waals surface area contributed by atoms with Gasteiger partial charge in [-0.15, -0.1) is 11.3 Å². The molecule has 2 aliphatic rings. The molecule has 1 atom stereocenters. The number of nitrogens with zero attached hydrogens (tertiary/aromatic N) is 3. The minimum absolute atomic E-state index is 0.119. The average molecular weight is 375 g/mol. The predicted octanol–water partition coefficient (Wildman–Crippen LogP) is 2.75. The Labute approximate surface area is 154 Å². The molecule has 2 aromatic rings. The molecule has 1 unspecified atom stereocenters. The first-order valence-electron chi connectivity index (χ1n) is 8.49. The van der Waals surface area contributed by atoms with Crippen molar-refractivity contribution in [2.75, 3.05) is 19.7 Å². The van der Waals surface area contributed by atoms with Crippen molar-refractivity contribution < 1.29 is 18.7 Å². The van der Waals surface area contributed by atoms with Gasteiger partial charge in [-0.25, -0.2) is 4.79 Å². The molecule has 0 spiro atoms. The molecule has 1 saturated heterocycles. The zero-order valence-corrected chi connectivity index (χ0v) is 14.9. The lowest BCUT2D eigenvalue weighted by atomic mass is 10.1. The molecular weight excluding hydrogens is 357 g/mol. The molecule has 0 bridgehead atoms. The maximum atomic E-state index is 13.6. The van der Waals surface area contributed by atoms with E-state index in [0.717, 1.165) is 27.3 Å². The molecule has 8 heteroatoms. The number of halogens is 1. The quantitative estimate of drug-likeness (QED) is 0.824. The minimum atomic E-state index is -0.465. The van der Waals surface area contributed by atoms with Gasteiger partial charge in [0.25, 0.3) is 0 Å². The number of hydrogen-bond donors (Lipinski definition) is 0. The third-order valence-electron chi connectivity index (χ3n) is 4.68. The number of aromatic nitrogens is 1. The van der Waals surface area contributed by atoms with Gasteiger partial charge < -0.3 is 9.64 Å². The molecule has 0 saturated carbocycles. The van der Waals surface area contributed by atoms with Crippen LogP contribution < -0.4 is 0 Å². The van der Waals surface area contributed by atoms with Gasteiger partial charge >= 0.3 is 6.03 Å². The van der Waals surface area contributed by atoms with Crippen LogP contribution in [0.5, 0.6) is 0 Å². The maximum absolute atomic E-state index is 13.6. The summed E-state index contributed by atoms with van der Waals surface area (Å²) in [4.78, 5) is 32.9. The second-order valence-corrected chi connectivity index (χ2v) is 7.44. The molecule has 4 heterocycles. The van der Waals surface area contributed by atoms with E-state index in [1.54, 1.807) is 17.3 Å². The second-order valence-electron chi connectivity index (χ2n) is 6.35. The number of hydrogen-bond acceptors (Lipinski definition) is 5. The van der Waals surface area contributed by atoms with E-state index >= 15 is 0 Å². The molecule has 0 aromatic carbocycles. The van der Waals surface area contributed by atoms with Gasteiger partial charge in [0.2, 0.25) is 5.91 Å². The van der Waals surface area contributed by atoms with Crippen LogP contribution in [0.15, 0.2) is 30.6 Å². The molecular formula is C18H18FN3O3S. The maximum Gasteiger partial charge on any atom is 0.327 e. The Hall–Kier alpha value is -2.32. The summed E-state index contributed by atoms with van der Waals surface area (Å²) in [6.45, 7) is 1.40. The fourth-order valence-corrected chi connectivity index (χ4v) is 4.27. The van der Waals surface area contributed by atoms with Crippen molar-refractivity contribution in [3.05, 3.63) is 51.7 Å². The highest BCUT2D eigenvalue weighted by Crippen LogP contribution is 2.34. The van der Waals surface area contributed by atoms with E-state index in [9.17, 15) is 14.0 Å². The summed E-state index contributed by atoms with van der Waals surface area (Å²) < 4.78 is 19.3. The normalized spacial score (nSPS) is 20.4. The Kier molecular flexibility index (Phi) is 4.69. The highest BCUT2D eigenvalue weighted by molar-refractivity contribution is 7.10. The van der Waals surface area contributed by atoms with Crippen LogP contribution in [0.3, 0.4) is 0 Å². The standard InChI is InChI=1S/C18H18FN3O3S/c19-16-9-13-14(25-8-4-15(13)26-16)11-22-17(23)3-7-21(18(22)24)10-12-1-5-20-6-2-12/h1-2,5-6,9,14H,3-4,7-8,10-11H2. The Morgan fingerprint density at radius 1 is 1.27 bits per heavy atom. The molecule has 4 rings (SSSR count). The van der Waals surface area contributed by atoms with E-state index < -0.39 is 6.10 Å². The van der Waals surface area contributed by atoms with Crippen LogP contribution in [-0.4, -0.2) is 46.4 Å². The zero-order valence-electron chi connectivity index (χ0n) is 14.1. The molecule has 2 aromatic heterocycles. The van der Waals surface area contributed by atoms with Crippen LogP contribution in [-0.2, 0) is 22.5 Å². The molecule has 26 heavy (non-hydrogen) atoms. The van der Waals surface area contributed by atoms with E-state index in [1.807, 2.05) is 12.1 Å². The summed E-state index contributed by atoms with van der Waals surface area (Å²) >= 11 is 1.11. The van der Waals surface area contributed by atoms with Crippen molar-refractivity contribution in [1.82, 2.24) is 14.8 Å². The van der Waals surface area contributed by atoms with E-state index in [4.69, 9.17) is 4.74 Å². The molecule has 1 fully saturated rings. The summed E-state index contributed by atoms with van der Waals surface area (Å²) in [6.07, 6.45) is 3.82. The first kappa shape index (κ1) is 17.1. The number of carbonyl (C=O) groups excluding carboxylic acids is 2. The SMILES string of the molecule is O=C1CCN(Cc2ccncc2)C(=O)N1CC1OCCc2sc(F)cc21. The third-order valence-corrected chi connectivity index (χ3v) is 5.68. The molecule has 2 aliphatic heterocycles. The Morgan fingerprint density at radius 3 is 2.88 bits per heavy atom. The van der Waals surface area contributed by atoms with E-state index in [0.29, 0.717) is 26.1 Å². The molecule has 136 valence electrons. The third kappa shape index (κ3) is 3.34. The molecule has 3 amide bonds. The lowest BCUT2D eigenvalue weighted by molar-refractivity contribution is -0.133. The van der Waals surface area contributed by atoms with Crippen LogP contribution in [0.1, 0.15) is 28.5 Å². The lowest BCUT2D eigenvalue weighted by Crippen LogP contribution is -2.53. The van der Waals surface area contributed by atoms with Gasteiger partial charge in [-0.1, -0.05) is 0 Å². The number of urea groups is 1. The van der Waals surface area contributed by atoms with Gasteiger partial charge in [0.1, 0.15) is 6.10 Å². The Morgan fingerprint density at radius 2 is 2.08 bits per heavy atom. The van der Waals surface area contributed by atoms with Crippen LogP contribution in [0.25, 0.3) is 0 Å². The van der Waals surface area contributed by atoms with Crippen molar-refractivity contribution in [1.29, 1.82) is 0 Å². The van der Waals surface area contributed by atoms with E-state index in [2.05, 4.69) is 4.98 Å². The van der Waals surface area contributed by atoms with Gasteiger partial charge in [-0.05, 0) is 29.3 Å². The number of amides is 3. The first-order chi connectivity index (χ1) is 12.6. The molecule has 0 radical (unpaired) electrons. The predicted molar refractivity (Wildman–Crippen MR) is 93.0 cm³/mol. The summed E-state index contributed by atoms with van der Waals surface area (Å²) in [5, 5.41) is -0.263. The minimum Gasteiger partial charge on any atom is -0.371 e. The largest absolute Gasteiger partial charge is 0.371 e. The van der Waals surface area contributed by atoms with Crippen molar-refractivity contribution in [3.63, 3.8) is 0 Å². The lowest BCUT2D eigenvalue weighted by Gasteiger charge is -2.36. The topological polar surface area (TPSA) is 62.7 Å². The molecule has 0 N–H and O–H groups in total. The van der Waals surface area contributed by atoms with E-state index in [-0.39, 0.29) is 30.0 Å². The average Bonchev–Trinajstić information content (AvgIpc) is 3.03. The fourth-order valence-electron chi connectivity index (χ4n) is 3.35. The van der Waals surface area contributed by atoms with Gasteiger partial charge in [0.05, 0.1) is 13.2 Å². The van der Waals surface area contributed by atoms with Crippen LogP contribution in [0.2, 0.25) is 0 Å². The highest BCUT2D eigenvalue weighted by Gasteiger charge is 2.35. The van der Waals surface area contributed by atoms with Crippen LogP contribution in [0, 0.1) is 5.13 Å². The number of rotatable bonds is 4. The smallest absolute Gasteiger partial charge is 0.327 e. The molecule has 0 aliphatic carbocycles. The van der Waals surface area contributed by atoms with E-state index in [1.165, 1.54) is 11.0 Å². The van der Waals surface area contributed by atoms with Crippen molar-refractivity contribution >= 4 is 23.3 Å². The summed E-state index contributed by atoms with van der Waals surface area (Å²) in [7, 11) is 0.